The highest BCUT2D eigenvalue weighted by molar-refractivity contribution is 6.11. The van der Waals surface area contributed by atoms with Gasteiger partial charge in [0.15, 0.2) is 11.3 Å². The van der Waals surface area contributed by atoms with Gasteiger partial charge in [0.2, 0.25) is 0 Å². The van der Waals surface area contributed by atoms with E-state index < -0.39 is 41.6 Å². The number of hydrazine groups is 1. The molecule has 41 heavy (non-hydrogen) atoms. The number of nitrogen functional groups attached to an aromatic ring is 2. The number of ketones is 1. The zero-order chi connectivity index (χ0) is 30.3. The molecule has 0 aromatic heterocycles. The Labute approximate surface area is 235 Å². The van der Waals surface area contributed by atoms with Crippen LogP contribution in [0.1, 0.15) is 51.6 Å². The van der Waals surface area contributed by atoms with Crippen molar-refractivity contribution >= 4 is 41.1 Å². The van der Waals surface area contributed by atoms with Gasteiger partial charge < -0.3 is 26.8 Å². The van der Waals surface area contributed by atoms with Gasteiger partial charge in [-0.2, -0.15) is 5.01 Å². The molecule has 1 heterocycles. The van der Waals surface area contributed by atoms with Gasteiger partial charge >= 0.3 is 5.97 Å². The van der Waals surface area contributed by atoms with Crippen LogP contribution < -0.4 is 22.2 Å². The average Bonchev–Trinajstić information content (AvgIpc) is 2.93. The lowest BCUT2D eigenvalue weighted by Crippen LogP contribution is -2.73. The smallest absolute Gasteiger partial charge is 0.323 e. The van der Waals surface area contributed by atoms with Crippen LogP contribution in [0.4, 0.5) is 0 Å². The molecule has 1 unspecified atom stereocenters. The van der Waals surface area contributed by atoms with Crippen molar-refractivity contribution in [1.82, 2.24) is 20.7 Å². The molecule has 3 rings (SSSR count). The fourth-order valence-corrected chi connectivity index (χ4v) is 4.55. The third-order valence-corrected chi connectivity index (χ3v) is 6.76. The number of carbonyl (C=O) groups excluding carboxylic acids is 4. The van der Waals surface area contributed by atoms with E-state index in [1.165, 1.54) is 60.5 Å². The molecule has 0 saturated carbocycles. The van der Waals surface area contributed by atoms with E-state index in [0.717, 1.165) is 4.90 Å². The first-order valence-electron chi connectivity index (χ1n) is 12.6. The van der Waals surface area contributed by atoms with Gasteiger partial charge in [0.25, 0.3) is 17.7 Å². The number of benzene rings is 2. The molecule has 1 saturated heterocycles. The van der Waals surface area contributed by atoms with Gasteiger partial charge in [-0.05, 0) is 44.0 Å². The number of carboxylic acids is 1. The number of nitrogens with one attached hydrogen (secondary N) is 4. The maximum atomic E-state index is 13.6. The highest BCUT2D eigenvalue weighted by atomic mass is 16.4. The monoisotopic (exact) mass is 564 g/mol. The standard InChI is InChI=1S/C27H32N8O6/c1-16(36)27(11-2-12-32-24(39)19-7-3-17(4-8-19)22(28)29)26(41)34(15-21(37)38)13-14-35(27)33-25(40)20-9-5-18(6-10-20)23(30)31/h3-10H,2,11-15H2,1H3,(H3,28,29)(H3,30,31)(H,32,39)(H,33,40)(H,37,38). The molecule has 2 aromatic carbocycles. The summed E-state index contributed by atoms with van der Waals surface area (Å²) in [7, 11) is 0. The van der Waals surface area contributed by atoms with Crippen LogP contribution in [0.3, 0.4) is 0 Å². The second-order valence-electron chi connectivity index (χ2n) is 9.47. The topological polar surface area (TPSA) is 236 Å². The molecule has 14 nitrogen and oxygen atoms in total. The normalized spacial score (nSPS) is 17.0. The third kappa shape index (κ3) is 6.91. The van der Waals surface area contributed by atoms with Crippen LogP contribution in [0.15, 0.2) is 48.5 Å². The van der Waals surface area contributed by atoms with E-state index in [2.05, 4.69) is 10.7 Å². The summed E-state index contributed by atoms with van der Waals surface area (Å²) in [5.74, 6) is -3.96. The molecule has 2 aromatic rings. The Balaban J connectivity index is 1.78. The lowest BCUT2D eigenvalue weighted by Gasteiger charge is -2.47. The van der Waals surface area contributed by atoms with E-state index in [1.54, 1.807) is 0 Å². The Bertz CT molecular complexity index is 1380. The third-order valence-electron chi connectivity index (χ3n) is 6.76. The second-order valence-corrected chi connectivity index (χ2v) is 9.47. The minimum absolute atomic E-state index is 0.0231. The average molecular weight is 565 g/mol. The fraction of sp³-hybridized carbons (Fsp3) is 0.296. The van der Waals surface area contributed by atoms with E-state index in [0.29, 0.717) is 16.7 Å². The van der Waals surface area contributed by atoms with Gasteiger partial charge in [-0.25, -0.2) is 0 Å². The zero-order valence-corrected chi connectivity index (χ0v) is 22.4. The summed E-state index contributed by atoms with van der Waals surface area (Å²) < 4.78 is 0. The molecule has 0 spiro atoms. The summed E-state index contributed by atoms with van der Waals surface area (Å²) in [4.78, 5) is 64.8. The molecule has 9 N–H and O–H groups in total. The van der Waals surface area contributed by atoms with Crippen LogP contribution in [-0.2, 0) is 14.4 Å². The number of amidine groups is 2. The first kappa shape index (κ1) is 30.4. The highest BCUT2D eigenvalue weighted by Crippen LogP contribution is 2.28. The molecule has 3 amide bonds. The summed E-state index contributed by atoms with van der Waals surface area (Å²) in [6, 6.07) is 12.0. The molecule has 0 aliphatic carbocycles. The molecule has 216 valence electrons. The van der Waals surface area contributed by atoms with Crippen LogP contribution in [0.25, 0.3) is 0 Å². The molecule has 0 bridgehead atoms. The highest BCUT2D eigenvalue weighted by Gasteiger charge is 2.53. The number of hydrogen-bond acceptors (Lipinski definition) is 8. The van der Waals surface area contributed by atoms with Crippen molar-refractivity contribution < 1.29 is 29.1 Å². The summed E-state index contributed by atoms with van der Waals surface area (Å²) in [6.45, 7) is 0.581. The number of carboxylic acid groups (broad SMARTS) is 1. The van der Waals surface area contributed by atoms with Crippen molar-refractivity contribution in [3.05, 3.63) is 70.8 Å². The molecular weight excluding hydrogens is 532 g/mol. The Morgan fingerprint density at radius 3 is 1.83 bits per heavy atom. The van der Waals surface area contributed by atoms with Gasteiger partial charge in [0.1, 0.15) is 18.2 Å². The Hall–Kier alpha value is -5.11. The number of Topliss-reactive ketones (excluding diaryl/α,β-unsaturated/α-hetero) is 1. The number of aliphatic carboxylic acids is 1. The van der Waals surface area contributed by atoms with E-state index >= 15 is 0 Å². The van der Waals surface area contributed by atoms with Gasteiger partial charge in [-0.3, -0.25) is 40.2 Å². The number of hydrogen-bond donors (Lipinski definition) is 7. The predicted molar refractivity (Wildman–Crippen MR) is 148 cm³/mol. The summed E-state index contributed by atoms with van der Waals surface area (Å²) in [6.07, 6.45) is 0.0214. The summed E-state index contributed by atoms with van der Waals surface area (Å²) >= 11 is 0. The van der Waals surface area contributed by atoms with Crippen molar-refractivity contribution in [1.29, 1.82) is 10.8 Å². The lowest BCUT2D eigenvalue weighted by molar-refractivity contribution is -0.165. The van der Waals surface area contributed by atoms with Crippen molar-refractivity contribution in [2.75, 3.05) is 26.2 Å². The first-order valence-corrected chi connectivity index (χ1v) is 12.6. The second kappa shape index (κ2) is 12.8. The van der Waals surface area contributed by atoms with Crippen molar-refractivity contribution in [3.63, 3.8) is 0 Å². The van der Waals surface area contributed by atoms with Gasteiger partial charge in [0, 0.05) is 41.9 Å². The molecule has 1 aliphatic heterocycles. The van der Waals surface area contributed by atoms with E-state index in [4.69, 9.17) is 22.3 Å². The number of rotatable bonds is 12. The van der Waals surface area contributed by atoms with Crippen molar-refractivity contribution in [2.24, 2.45) is 11.5 Å². The SMILES string of the molecule is CC(=O)C1(CCCNC(=O)c2ccc(C(=N)N)cc2)C(=O)N(CC(=O)O)CCN1NC(=O)c1ccc(C(=N)N)cc1. The molecule has 0 radical (unpaired) electrons. The van der Waals surface area contributed by atoms with Crippen LogP contribution >= 0.6 is 0 Å². The quantitative estimate of drug-likeness (QED) is 0.0772. The largest absolute Gasteiger partial charge is 0.480 e. The molecule has 1 atom stereocenters. The minimum Gasteiger partial charge on any atom is -0.480 e. The van der Waals surface area contributed by atoms with E-state index in [-0.39, 0.29) is 49.7 Å². The number of amides is 3. The summed E-state index contributed by atoms with van der Waals surface area (Å²) in [5.41, 5.74) is 13.0. The Morgan fingerprint density at radius 2 is 1.37 bits per heavy atom. The molecule has 14 heteroatoms. The van der Waals surface area contributed by atoms with Crippen molar-refractivity contribution in [3.8, 4) is 0 Å². The first-order chi connectivity index (χ1) is 19.4. The zero-order valence-electron chi connectivity index (χ0n) is 22.4. The molecule has 1 aliphatic rings. The predicted octanol–water partition coefficient (Wildman–Crippen LogP) is -0.334. The van der Waals surface area contributed by atoms with Gasteiger partial charge in [0.05, 0.1) is 0 Å². The van der Waals surface area contributed by atoms with E-state index in [1.807, 2.05) is 0 Å². The Kier molecular flexibility index (Phi) is 9.52. The van der Waals surface area contributed by atoms with Crippen LogP contribution in [0.5, 0.6) is 0 Å². The van der Waals surface area contributed by atoms with Gasteiger partial charge in [-0.15, -0.1) is 0 Å². The molecule has 1 fully saturated rings. The molecular formula is C27H32N8O6. The summed E-state index contributed by atoms with van der Waals surface area (Å²) in [5, 5.41) is 28.2. The van der Waals surface area contributed by atoms with Crippen LogP contribution in [0.2, 0.25) is 0 Å². The van der Waals surface area contributed by atoms with Gasteiger partial charge in [-0.1, -0.05) is 24.3 Å². The number of piperazine rings is 1. The van der Waals surface area contributed by atoms with E-state index in [9.17, 15) is 29.1 Å². The number of nitrogens with zero attached hydrogens (tertiary/aromatic N) is 2. The van der Waals surface area contributed by atoms with Crippen LogP contribution in [0, 0.1) is 10.8 Å². The minimum atomic E-state index is -1.91. The fourth-order valence-electron chi connectivity index (χ4n) is 4.55. The Morgan fingerprint density at radius 1 is 0.878 bits per heavy atom. The van der Waals surface area contributed by atoms with Crippen LogP contribution in [-0.4, -0.2) is 87.9 Å². The number of carbonyl (C=O) groups is 5. The number of nitrogens with two attached hydrogens (primary N) is 2. The maximum Gasteiger partial charge on any atom is 0.323 e. The maximum absolute atomic E-state index is 13.6. The lowest BCUT2D eigenvalue weighted by atomic mass is 9.84. The van der Waals surface area contributed by atoms with Crippen molar-refractivity contribution in [2.45, 2.75) is 25.3 Å².